The average molecular weight is 415 g/mol. The Morgan fingerprint density at radius 2 is 1.48 bits per heavy atom. The topological polar surface area (TPSA) is 89.9 Å². The Balaban J connectivity index is 0.000000258. The number of carboxylic acids is 2. The number of nitrogens with one attached hydrogen (secondary N) is 1. The molecule has 2 heterocycles. The van der Waals surface area contributed by atoms with Crippen LogP contribution in [0.15, 0.2) is 60.7 Å². The molecule has 4 rings (SSSR count). The Bertz CT molecular complexity index is 907. The van der Waals surface area contributed by atoms with E-state index in [4.69, 9.17) is 21.8 Å². The molecule has 1 spiro atoms. The zero-order chi connectivity index (χ0) is 20.9. The van der Waals surface area contributed by atoms with Crippen LogP contribution in [0, 0.1) is 0 Å². The minimum atomic E-state index is -1.26. The van der Waals surface area contributed by atoms with Crippen LogP contribution >= 0.6 is 11.6 Å². The zero-order valence-corrected chi connectivity index (χ0v) is 16.6. The molecular weight excluding hydrogens is 392 g/mol. The number of anilines is 2. The van der Waals surface area contributed by atoms with Gasteiger partial charge in [0.2, 0.25) is 0 Å². The number of nitrogens with zero attached hydrogens (tertiary/aromatic N) is 1. The summed E-state index contributed by atoms with van der Waals surface area (Å²) < 4.78 is 0. The molecule has 0 amide bonds. The maximum Gasteiger partial charge on any atom is 0.328 e. The first kappa shape index (κ1) is 20.9. The molecule has 2 aromatic carbocycles. The van der Waals surface area contributed by atoms with Crippen LogP contribution < -0.4 is 10.2 Å². The number of halogens is 1. The van der Waals surface area contributed by atoms with Crippen LogP contribution in [-0.2, 0) is 15.0 Å². The van der Waals surface area contributed by atoms with Crippen molar-refractivity contribution in [2.75, 3.05) is 24.5 Å². The van der Waals surface area contributed by atoms with Crippen molar-refractivity contribution in [2.45, 2.75) is 18.3 Å². The van der Waals surface area contributed by atoms with Crippen molar-refractivity contribution in [2.24, 2.45) is 0 Å². The molecule has 1 saturated heterocycles. The maximum atomic E-state index is 9.55. The lowest BCUT2D eigenvalue weighted by Gasteiger charge is -2.35. The Morgan fingerprint density at radius 1 is 0.931 bits per heavy atom. The molecule has 0 aliphatic carbocycles. The van der Waals surface area contributed by atoms with Crippen molar-refractivity contribution in [3.05, 3.63) is 71.3 Å². The number of fused-ring (bicyclic) bond motifs is 2. The van der Waals surface area contributed by atoms with Gasteiger partial charge in [-0.1, -0.05) is 41.9 Å². The molecule has 0 bridgehead atoms. The standard InChI is InChI=1S/C18H19ClN2.C4H4O4/c19-15-6-2-4-8-17(15)21-13-18(9-11-20-12-10-18)14-5-1-3-7-16(14)21;5-3(6)1-2-4(7)8/h1-8,20H,9-13H2;1-2H,(H,5,6)(H,7,8). The molecule has 0 aromatic heterocycles. The highest BCUT2D eigenvalue weighted by atomic mass is 35.5. The van der Waals surface area contributed by atoms with E-state index in [1.165, 1.54) is 24.1 Å². The first-order valence-corrected chi connectivity index (χ1v) is 9.77. The van der Waals surface area contributed by atoms with E-state index in [1.807, 2.05) is 12.1 Å². The Morgan fingerprint density at radius 3 is 2.07 bits per heavy atom. The smallest absolute Gasteiger partial charge is 0.328 e. The molecule has 2 aliphatic rings. The fraction of sp³-hybridized carbons (Fsp3) is 0.273. The minimum absolute atomic E-state index is 0.279. The highest BCUT2D eigenvalue weighted by Crippen LogP contribution is 2.49. The first-order valence-electron chi connectivity index (χ1n) is 9.39. The van der Waals surface area contributed by atoms with Crippen LogP contribution in [-0.4, -0.2) is 41.8 Å². The van der Waals surface area contributed by atoms with E-state index in [0.29, 0.717) is 12.2 Å². The highest BCUT2D eigenvalue weighted by Gasteiger charge is 2.43. The van der Waals surface area contributed by atoms with Crippen molar-refractivity contribution in [3.8, 4) is 0 Å². The van der Waals surface area contributed by atoms with Gasteiger partial charge in [-0.3, -0.25) is 0 Å². The molecule has 2 aromatic rings. The summed E-state index contributed by atoms with van der Waals surface area (Å²) in [5.74, 6) is -2.51. The zero-order valence-electron chi connectivity index (χ0n) is 15.8. The predicted octanol–water partition coefficient (Wildman–Crippen LogP) is 3.82. The second kappa shape index (κ2) is 9.11. The van der Waals surface area contributed by atoms with Gasteiger partial charge in [-0.05, 0) is 49.7 Å². The van der Waals surface area contributed by atoms with Gasteiger partial charge in [-0.2, -0.15) is 0 Å². The van der Waals surface area contributed by atoms with Crippen molar-refractivity contribution >= 4 is 34.9 Å². The fourth-order valence-electron chi connectivity index (χ4n) is 3.99. The quantitative estimate of drug-likeness (QED) is 0.661. The summed E-state index contributed by atoms with van der Waals surface area (Å²) >= 11 is 6.44. The minimum Gasteiger partial charge on any atom is -0.478 e. The Labute approximate surface area is 174 Å². The SMILES string of the molecule is Clc1ccccc1N1CC2(CCNCC2)c2ccccc21.O=C(O)C=CC(=O)O. The van der Waals surface area contributed by atoms with Gasteiger partial charge in [0, 0.05) is 29.8 Å². The largest absolute Gasteiger partial charge is 0.478 e. The summed E-state index contributed by atoms with van der Waals surface area (Å²) in [5.41, 5.74) is 4.22. The van der Waals surface area contributed by atoms with E-state index in [2.05, 4.69) is 46.6 Å². The molecular formula is C22H23ClN2O4. The first-order chi connectivity index (χ1) is 13.9. The van der Waals surface area contributed by atoms with E-state index >= 15 is 0 Å². The molecule has 0 saturated carbocycles. The highest BCUT2D eigenvalue weighted by molar-refractivity contribution is 6.33. The summed E-state index contributed by atoms with van der Waals surface area (Å²) in [6.07, 6.45) is 3.51. The van der Waals surface area contributed by atoms with Gasteiger partial charge in [-0.15, -0.1) is 0 Å². The molecule has 0 radical (unpaired) electrons. The van der Waals surface area contributed by atoms with E-state index < -0.39 is 11.9 Å². The van der Waals surface area contributed by atoms with E-state index in [9.17, 15) is 9.59 Å². The van der Waals surface area contributed by atoms with Gasteiger partial charge < -0.3 is 20.4 Å². The third-order valence-electron chi connectivity index (χ3n) is 5.30. The summed E-state index contributed by atoms with van der Waals surface area (Å²) in [4.78, 5) is 21.5. The van der Waals surface area contributed by atoms with Gasteiger partial charge in [0.15, 0.2) is 0 Å². The number of rotatable bonds is 3. The third-order valence-corrected chi connectivity index (χ3v) is 5.62. The molecule has 1 fully saturated rings. The number of piperidine rings is 1. The molecule has 0 atom stereocenters. The molecule has 152 valence electrons. The lowest BCUT2D eigenvalue weighted by molar-refractivity contribution is -0.134. The average Bonchev–Trinajstić information content (AvgIpc) is 3.02. The van der Waals surface area contributed by atoms with Gasteiger partial charge in [0.1, 0.15) is 0 Å². The van der Waals surface area contributed by atoms with Crippen molar-refractivity contribution in [1.82, 2.24) is 5.32 Å². The number of carboxylic acid groups (broad SMARTS) is 2. The molecule has 3 N–H and O–H groups in total. The summed E-state index contributed by atoms with van der Waals surface area (Å²) in [6.45, 7) is 3.24. The van der Waals surface area contributed by atoms with Crippen LogP contribution in [0.1, 0.15) is 18.4 Å². The monoisotopic (exact) mass is 414 g/mol. The van der Waals surface area contributed by atoms with E-state index in [1.54, 1.807) is 0 Å². The van der Waals surface area contributed by atoms with Gasteiger partial charge in [-0.25, -0.2) is 9.59 Å². The van der Waals surface area contributed by atoms with Crippen LogP contribution in [0.2, 0.25) is 5.02 Å². The van der Waals surface area contributed by atoms with Crippen molar-refractivity contribution < 1.29 is 19.8 Å². The van der Waals surface area contributed by atoms with Gasteiger partial charge in [0.05, 0.1) is 10.7 Å². The van der Waals surface area contributed by atoms with Gasteiger partial charge in [0.25, 0.3) is 0 Å². The predicted molar refractivity (Wildman–Crippen MR) is 113 cm³/mol. The lowest BCUT2D eigenvalue weighted by Crippen LogP contribution is -2.42. The van der Waals surface area contributed by atoms with Crippen LogP contribution in [0.25, 0.3) is 0 Å². The normalized spacial score (nSPS) is 16.9. The molecule has 2 aliphatic heterocycles. The lowest BCUT2D eigenvalue weighted by atomic mass is 9.75. The molecule has 29 heavy (non-hydrogen) atoms. The number of hydrogen-bond acceptors (Lipinski definition) is 4. The molecule has 0 unspecified atom stereocenters. The third kappa shape index (κ3) is 4.78. The molecule has 7 heteroatoms. The van der Waals surface area contributed by atoms with Crippen LogP contribution in [0.5, 0.6) is 0 Å². The summed E-state index contributed by atoms with van der Waals surface area (Å²) in [7, 11) is 0. The Kier molecular flexibility index (Phi) is 6.56. The van der Waals surface area contributed by atoms with E-state index in [0.717, 1.165) is 30.3 Å². The fourth-order valence-corrected chi connectivity index (χ4v) is 4.23. The number of aliphatic carboxylic acids is 2. The van der Waals surface area contributed by atoms with Crippen molar-refractivity contribution in [1.29, 1.82) is 0 Å². The number of hydrogen-bond donors (Lipinski definition) is 3. The van der Waals surface area contributed by atoms with Crippen molar-refractivity contribution in [3.63, 3.8) is 0 Å². The van der Waals surface area contributed by atoms with Gasteiger partial charge >= 0.3 is 11.9 Å². The second-order valence-corrected chi connectivity index (χ2v) is 7.50. The number of benzene rings is 2. The summed E-state index contributed by atoms with van der Waals surface area (Å²) in [5, 5.41) is 19.9. The number of para-hydroxylation sites is 2. The molecule has 6 nitrogen and oxygen atoms in total. The number of carbonyl (C=O) groups is 2. The van der Waals surface area contributed by atoms with E-state index in [-0.39, 0.29) is 5.41 Å². The Hall–Kier alpha value is -2.83. The van der Waals surface area contributed by atoms with Crippen LogP contribution in [0.4, 0.5) is 11.4 Å². The summed E-state index contributed by atoms with van der Waals surface area (Å²) in [6, 6.07) is 17.0. The second-order valence-electron chi connectivity index (χ2n) is 7.09. The van der Waals surface area contributed by atoms with Crippen LogP contribution in [0.3, 0.4) is 0 Å². The maximum absolute atomic E-state index is 9.55.